The maximum atomic E-state index is 12.2. The first-order valence-electron chi connectivity index (χ1n) is 7.60. The van der Waals surface area contributed by atoms with Crippen molar-refractivity contribution in [2.45, 2.75) is 19.4 Å². The maximum absolute atomic E-state index is 12.2. The smallest absolute Gasteiger partial charge is 0.321 e. The summed E-state index contributed by atoms with van der Waals surface area (Å²) >= 11 is 3.48. The van der Waals surface area contributed by atoms with E-state index >= 15 is 0 Å². The summed E-state index contributed by atoms with van der Waals surface area (Å²) in [5, 5.41) is 9.14. The van der Waals surface area contributed by atoms with Gasteiger partial charge >= 0.3 is 6.03 Å². The zero-order valence-electron chi connectivity index (χ0n) is 12.9. The van der Waals surface area contributed by atoms with Gasteiger partial charge in [0.1, 0.15) is 0 Å². The molecule has 7 heteroatoms. The van der Waals surface area contributed by atoms with Crippen molar-refractivity contribution in [2.75, 3.05) is 19.6 Å². The molecule has 0 aromatic carbocycles. The summed E-state index contributed by atoms with van der Waals surface area (Å²) in [6.07, 6.45) is 0.948. The molecule has 122 valence electrons. The van der Waals surface area contributed by atoms with Crippen molar-refractivity contribution in [3.05, 3.63) is 44.3 Å². The largest absolute Gasteiger partial charge is 0.338 e. The van der Waals surface area contributed by atoms with Crippen LogP contribution < -0.4 is 10.6 Å². The van der Waals surface area contributed by atoms with Crippen molar-refractivity contribution < 1.29 is 9.59 Å². The van der Waals surface area contributed by atoms with Crippen molar-refractivity contribution in [3.63, 3.8) is 0 Å². The van der Waals surface area contributed by atoms with E-state index in [2.05, 4.69) is 38.4 Å². The van der Waals surface area contributed by atoms with E-state index < -0.39 is 6.03 Å². The van der Waals surface area contributed by atoms with Crippen LogP contribution in [0.4, 0.5) is 4.79 Å². The van der Waals surface area contributed by atoms with Gasteiger partial charge in [0.15, 0.2) is 0 Å². The second-order valence-corrected chi connectivity index (χ2v) is 7.33. The molecule has 1 atom stereocenters. The molecule has 0 fully saturated rings. The van der Waals surface area contributed by atoms with E-state index in [9.17, 15) is 9.59 Å². The second kappa shape index (κ2) is 7.25. The number of nitrogens with zero attached hydrogens (tertiary/aromatic N) is 1. The van der Waals surface area contributed by atoms with Gasteiger partial charge in [-0.15, -0.1) is 22.7 Å². The van der Waals surface area contributed by atoms with Gasteiger partial charge in [-0.25, -0.2) is 4.79 Å². The number of hydrogen-bond donors (Lipinski definition) is 2. The van der Waals surface area contributed by atoms with Crippen LogP contribution in [0, 0.1) is 0 Å². The van der Waals surface area contributed by atoms with E-state index in [1.165, 1.54) is 15.3 Å². The lowest BCUT2D eigenvalue weighted by molar-refractivity contribution is -0.121. The van der Waals surface area contributed by atoms with Crippen molar-refractivity contribution in [2.24, 2.45) is 0 Å². The highest BCUT2D eigenvalue weighted by Crippen LogP contribution is 2.39. The first-order valence-corrected chi connectivity index (χ1v) is 9.36. The average Bonchev–Trinajstić information content (AvgIpc) is 3.18. The minimum Gasteiger partial charge on any atom is -0.338 e. The van der Waals surface area contributed by atoms with Crippen LogP contribution in [0.25, 0.3) is 0 Å². The van der Waals surface area contributed by atoms with E-state index in [0.29, 0.717) is 6.54 Å². The predicted octanol–water partition coefficient (Wildman–Crippen LogP) is 2.60. The number of imide groups is 1. The molecule has 3 heterocycles. The molecule has 0 spiro atoms. The van der Waals surface area contributed by atoms with Crippen LogP contribution in [-0.2, 0) is 11.2 Å². The Morgan fingerprint density at radius 1 is 1.30 bits per heavy atom. The molecular weight excluding hydrogens is 330 g/mol. The Hall–Kier alpha value is -1.70. The lowest BCUT2D eigenvalue weighted by atomic mass is 9.98. The average molecular weight is 349 g/mol. The second-order valence-electron chi connectivity index (χ2n) is 5.35. The third kappa shape index (κ3) is 3.63. The van der Waals surface area contributed by atoms with Gasteiger partial charge in [-0.3, -0.25) is 15.0 Å². The summed E-state index contributed by atoms with van der Waals surface area (Å²) in [6, 6.07) is 5.96. The third-order valence-corrected chi connectivity index (χ3v) is 5.74. The Morgan fingerprint density at radius 3 is 2.91 bits per heavy atom. The molecule has 1 aliphatic heterocycles. The van der Waals surface area contributed by atoms with Gasteiger partial charge in [-0.2, -0.15) is 0 Å². The molecule has 0 radical (unpaired) electrons. The molecule has 5 nitrogen and oxygen atoms in total. The van der Waals surface area contributed by atoms with Crippen LogP contribution >= 0.6 is 22.7 Å². The molecule has 0 unspecified atom stereocenters. The minimum atomic E-state index is -0.432. The molecule has 0 saturated carbocycles. The number of carbonyl (C=O) groups excluding carboxylic acids is 2. The van der Waals surface area contributed by atoms with Crippen molar-refractivity contribution in [1.29, 1.82) is 0 Å². The monoisotopic (exact) mass is 349 g/mol. The zero-order chi connectivity index (χ0) is 16.2. The predicted molar refractivity (Wildman–Crippen MR) is 93.0 cm³/mol. The highest BCUT2D eigenvalue weighted by Gasteiger charge is 2.31. The van der Waals surface area contributed by atoms with Gasteiger partial charge in [-0.1, -0.05) is 6.07 Å². The Morgan fingerprint density at radius 2 is 2.17 bits per heavy atom. The number of amides is 3. The summed E-state index contributed by atoms with van der Waals surface area (Å²) < 4.78 is 0. The summed E-state index contributed by atoms with van der Waals surface area (Å²) in [7, 11) is 0. The third-order valence-electron chi connectivity index (χ3n) is 3.82. The van der Waals surface area contributed by atoms with Crippen LogP contribution in [0.1, 0.15) is 28.3 Å². The van der Waals surface area contributed by atoms with E-state index in [-0.39, 0.29) is 18.5 Å². The van der Waals surface area contributed by atoms with E-state index in [1.54, 1.807) is 22.7 Å². The fraction of sp³-hybridized carbons (Fsp3) is 0.375. The lowest BCUT2D eigenvalue weighted by Gasteiger charge is -2.34. The molecule has 0 aliphatic carbocycles. The minimum absolute atomic E-state index is 0.102. The first kappa shape index (κ1) is 16.2. The molecular formula is C16H19N3O2S2. The molecule has 2 N–H and O–H groups in total. The van der Waals surface area contributed by atoms with Crippen molar-refractivity contribution in [3.8, 4) is 0 Å². The number of nitrogens with one attached hydrogen (secondary N) is 2. The molecule has 0 saturated heterocycles. The van der Waals surface area contributed by atoms with Gasteiger partial charge in [0.25, 0.3) is 0 Å². The topological polar surface area (TPSA) is 61.4 Å². The molecule has 0 bridgehead atoms. The first-order chi connectivity index (χ1) is 11.2. The summed E-state index contributed by atoms with van der Waals surface area (Å²) in [4.78, 5) is 28.4. The molecule has 3 rings (SSSR count). The molecule has 23 heavy (non-hydrogen) atoms. The Bertz CT molecular complexity index is 681. The van der Waals surface area contributed by atoms with Crippen LogP contribution in [0.3, 0.4) is 0 Å². The van der Waals surface area contributed by atoms with Crippen LogP contribution in [0.15, 0.2) is 29.0 Å². The Kier molecular flexibility index (Phi) is 5.09. The Balaban J connectivity index is 1.76. The van der Waals surface area contributed by atoms with E-state index in [1.807, 2.05) is 13.0 Å². The number of fused-ring (bicyclic) bond motifs is 1. The number of hydrogen-bond acceptors (Lipinski definition) is 5. The fourth-order valence-electron chi connectivity index (χ4n) is 2.87. The maximum Gasteiger partial charge on any atom is 0.321 e. The SMILES string of the molecule is CCNC(=O)NC(=O)CN1CCc2sccc2[C@H]1c1cccs1. The lowest BCUT2D eigenvalue weighted by Crippen LogP contribution is -2.46. The van der Waals surface area contributed by atoms with Crippen LogP contribution in [0.2, 0.25) is 0 Å². The molecule has 2 aromatic rings. The number of urea groups is 1. The van der Waals surface area contributed by atoms with Crippen molar-refractivity contribution >= 4 is 34.6 Å². The Labute approximate surface area is 143 Å². The van der Waals surface area contributed by atoms with E-state index in [4.69, 9.17) is 0 Å². The quantitative estimate of drug-likeness (QED) is 0.892. The highest BCUT2D eigenvalue weighted by molar-refractivity contribution is 7.10. The summed E-state index contributed by atoms with van der Waals surface area (Å²) in [6.45, 7) is 3.35. The standard InChI is InChI=1S/C16H19N3O2S2/c1-2-17-16(21)18-14(20)10-19-7-5-12-11(6-9-23-12)15(19)13-4-3-8-22-13/h3-4,6,8-9,15H,2,5,7,10H2,1H3,(H2,17,18,20,21)/t15-/m0/s1. The molecule has 2 aromatic heterocycles. The highest BCUT2D eigenvalue weighted by atomic mass is 32.1. The number of rotatable bonds is 4. The number of thiophene rings is 2. The van der Waals surface area contributed by atoms with E-state index in [0.717, 1.165) is 13.0 Å². The summed E-state index contributed by atoms with van der Waals surface area (Å²) in [5.74, 6) is -0.267. The van der Waals surface area contributed by atoms with Crippen LogP contribution in [-0.4, -0.2) is 36.5 Å². The van der Waals surface area contributed by atoms with Gasteiger partial charge in [0.05, 0.1) is 12.6 Å². The van der Waals surface area contributed by atoms with Gasteiger partial charge in [0.2, 0.25) is 5.91 Å². The van der Waals surface area contributed by atoms with Gasteiger partial charge in [0, 0.05) is 22.8 Å². The van der Waals surface area contributed by atoms with Crippen molar-refractivity contribution in [1.82, 2.24) is 15.5 Å². The number of carbonyl (C=O) groups is 2. The zero-order valence-corrected chi connectivity index (χ0v) is 14.5. The molecule has 3 amide bonds. The molecule has 1 aliphatic rings. The van der Waals surface area contributed by atoms with Crippen LogP contribution in [0.5, 0.6) is 0 Å². The normalized spacial score (nSPS) is 17.5. The van der Waals surface area contributed by atoms with Gasteiger partial charge in [-0.05, 0) is 41.8 Å². The summed E-state index contributed by atoms with van der Waals surface area (Å²) in [5.41, 5.74) is 1.29. The fourth-order valence-corrected chi connectivity index (χ4v) is 4.65. The van der Waals surface area contributed by atoms with Gasteiger partial charge < -0.3 is 5.32 Å².